The number of ether oxygens (including phenoxy) is 2. The van der Waals surface area contributed by atoms with Crippen LogP contribution < -0.4 is 25.0 Å². The van der Waals surface area contributed by atoms with Crippen molar-refractivity contribution in [2.45, 2.75) is 90.4 Å². The van der Waals surface area contributed by atoms with Gasteiger partial charge in [-0.3, -0.25) is 33.6 Å². The fourth-order valence-electron chi connectivity index (χ4n) is 13.9. The summed E-state index contributed by atoms with van der Waals surface area (Å²) in [5.41, 5.74) is 18.7. The third-order valence-corrected chi connectivity index (χ3v) is 21.4. The van der Waals surface area contributed by atoms with E-state index in [1.54, 1.807) is 32.8 Å². The Hall–Kier alpha value is -11.4. The molecule has 0 spiro atoms. The van der Waals surface area contributed by atoms with Crippen molar-refractivity contribution in [2.24, 2.45) is 5.73 Å². The Bertz CT molecular complexity index is 4930. The Morgan fingerprint density at radius 2 is 0.807 bits per heavy atom. The standard InChI is InChI=1S/C81H101N19O9/c1-51(94(8)73(103)23-17-43-109-62-21-15-19-56(45-62)75-84-64-29-25-58(47-68(64)88-75)77-86-66-31-27-60(49-70(66)90-77)99-40-36-92(6)37-41-99)78(104)95(9)52(2)79(105)96(10)53(3)80(106)97(11)54(4)81(107)100(50-71(82)101)33-13-12-32-93(7)72(102)22-16-42-108-61-20-14-18-55(44-61)74-83-63-28-24-57(46-67(63)87-74)76-85-65-30-26-59(48-69(65)89-76)98-38-34-91(5)35-39-98/h14-15,18-21,24-31,44-49,51-54H,12-13,16-17,22-23,32-43,50H2,1-11H3,(H2,82,101)(H,83,87)(H,84,88)(H,85,89)(H,86,90)/t51-,52-,53-,54-/m0/s1. The maximum absolute atomic E-state index is 14.0. The van der Waals surface area contributed by atoms with Crippen molar-refractivity contribution in [2.75, 3.05) is 144 Å². The van der Waals surface area contributed by atoms with Crippen LogP contribution in [0.15, 0.2) is 121 Å². The van der Waals surface area contributed by atoms with E-state index < -0.39 is 53.7 Å². The fraction of sp³-hybridized carbons (Fsp3) is 0.420. The van der Waals surface area contributed by atoms with E-state index in [0.717, 1.165) is 130 Å². The molecule has 2 aliphatic rings. The van der Waals surface area contributed by atoms with Crippen molar-refractivity contribution >= 4 is 96.9 Å². The Morgan fingerprint density at radius 1 is 0.422 bits per heavy atom. The number of imidazole rings is 4. The minimum atomic E-state index is -1.07. The number of piperazine rings is 2. The molecule has 2 saturated heterocycles. The molecule has 2 fully saturated rings. The molecule has 10 aromatic rings. The summed E-state index contributed by atoms with van der Waals surface area (Å²) in [6.45, 7) is 14.9. The molecule has 28 heteroatoms. The van der Waals surface area contributed by atoms with Gasteiger partial charge in [0.25, 0.3) is 0 Å². The Balaban J connectivity index is 0.540. The van der Waals surface area contributed by atoms with E-state index in [1.165, 1.54) is 70.9 Å². The van der Waals surface area contributed by atoms with Crippen molar-refractivity contribution < 1.29 is 43.0 Å². The predicted octanol–water partition coefficient (Wildman–Crippen LogP) is 8.32. The van der Waals surface area contributed by atoms with Crippen LogP contribution in [0, 0.1) is 0 Å². The summed E-state index contributed by atoms with van der Waals surface area (Å²) in [5, 5.41) is 0. The summed E-state index contributed by atoms with van der Waals surface area (Å²) >= 11 is 0. The highest BCUT2D eigenvalue weighted by molar-refractivity contribution is 5.96. The van der Waals surface area contributed by atoms with E-state index in [4.69, 9.17) is 35.1 Å². The summed E-state index contributed by atoms with van der Waals surface area (Å²) in [7, 11) is 11.9. The number of hydrogen-bond donors (Lipinski definition) is 5. The first-order valence-electron chi connectivity index (χ1n) is 37.5. The average molecular weight is 1480 g/mol. The van der Waals surface area contributed by atoms with Crippen LogP contribution in [0.5, 0.6) is 11.5 Å². The summed E-state index contributed by atoms with van der Waals surface area (Å²) in [5.74, 6) is 0.952. The van der Waals surface area contributed by atoms with Gasteiger partial charge >= 0.3 is 0 Å². The molecule has 4 aromatic heterocycles. The summed E-state index contributed by atoms with van der Waals surface area (Å²) in [6.07, 6.45) is 2.12. The van der Waals surface area contributed by atoms with Gasteiger partial charge in [0.05, 0.1) is 63.9 Å². The molecule has 6 aromatic carbocycles. The molecule has 0 bridgehead atoms. The smallest absolute Gasteiger partial charge is 0.245 e. The van der Waals surface area contributed by atoms with Crippen LogP contribution in [0.3, 0.4) is 0 Å². The number of likely N-dealkylation sites (N-methyl/N-ethyl adjacent to an activating group) is 6. The lowest BCUT2D eigenvalue weighted by Crippen LogP contribution is -2.57. The molecule has 0 aliphatic carbocycles. The molecular formula is C81H101N19O9. The molecule has 7 amide bonds. The van der Waals surface area contributed by atoms with Crippen molar-refractivity contribution in [3.63, 3.8) is 0 Å². The van der Waals surface area contributed by atoms with Gasteiger partial charge in [0.15, 0.2) is 0 Å². The van der Waals surface area contributed by atoms with Gasteiger partial charge in [-0.2, -0.15) is 0 Å². The Morgan fingerprint density at radius 3 is 1.25 bits per heavy atom. The maximum Gasteiger partial charge on any atom is 0.245 e. The van der Waals surface area contributed by atoms with Crippen LogP contribution in [0.25, 0.3) is 89.7 Å². The molecule has 6 N–H and O–H groups in total. The number of H-pyrrole nitrogens is 4. The third-order valence-electron chi connectivity index (χ3n) is 21.4. The highest BCUT2D eigenvalue weighted by Crippen LogP contribution is 2.33. The second-order valence-electron chi connectivity index (χ2n) is 29.1. The van der Waals surface area contributed by atoms with E-state index in [9.17, 15) is 33.6 Å². The monoisotopic (exact) mass is 1480 g/mol. The van der Waals surface area contributed by atoms with Gasteiger partial charge in [0.1, 0.15) is 59.0 Å². The first-order valence-corrected chi connectivity index (χ1v) is 37.5. The number of primary amides is 1. The van der Waals surface area contributed by atoms with E-state index in [-0.39, 0.29) is 44.4 Å². The fourth-order valence-corrected chi connectivity index (χ4v) is 13.9. The Labute approximate surface area is 634 Å². The van der Waals surface area contributed by atoms with Gasteiger partial charge in [0, 0.05) is 147 Å². The molecule has 28 nitrogen and oxygen atoms in total. The quantitative estimate of drug-likeness (QED) is 0.0255. The average Bonchev–Trinajstić information content (AvgIpc) is 1.40. The highest BCUT2D eigenvalue weighted by atomic mass is 16.5. The van der Waals surface area contributed by atoms with Gasteiger partial charge in [-0.05, 0) is 165 Å². The van der Waals surface area contributed by atoms with Crippen LogP contribution in [0.2, 0.25) is 0 Å². The zero-order chi connectivity index (χ0) is 77.3. The second-order valence-corrected chi connectivity index (χ2v) is 29.1. The van der Waals surface area contributed by atoms with Crippen LogP contribution >= 0.6 is 0 Å². The van der Waals surface area contributed by atoms with E-state index in [0.29, 0.717) is 62.0 Å². The number of nitrogens with zero attached hydrogens (tertiary/aromatic N) is 14. The SMILES string of the molecule is C[C@@H](C(=O)N(C)[C@@H](C)C(=O)N(C)[C@@H](C)C(=O)N(C)[C@@H](C)C(=O)N(CCCCN(C)C(=O)CCCOc1cccc(-c2nc3ccc(-c4nc5cc(N6CCN(C)CC6)ccc5[nH]4)cc3[nH]2)c1)CC(N)=O)N(C)C(=O)CCCOc1cccc(-c2nc3ccc(-c4nc5cc(N6CCN(C)CC6)ccc5[nH]4)cc3[nH]2)c1. The summed E-state index contributed by atoms with van der Waals surface area (Å²) < 4.78 is 12.2. The van der Waals surface area contributed by atoms with Gasteiger partial charge in [-0.15, -0.1) is 0 Å². The molecule has 0 radical (unpaired) electrons. The van der Waals surface area contributed by atoms with E-state index in [2.05, 4.69) is 96.1 Å². The van der Waals surface area contributed by atoms with Crippen LogP contribution in [-0.2, 0) is 33.6 Å². The number of amides is 7. The second kappa shape index (κ2) is 34.2. The number of aromatic amines is 4. The third kappa shape index (κ3) is 18.3. The number of carbonyl (C=O) groups excluding carboxylic acids is 7. The topological polar surface area (TPSA) is 311 Å². The molecule has 2 aliphatic heterocycles. The first-order chi connectivity index (χ1) is 52.3. The zero-order valence-corrected chi connectivity index (χ0v) is 64.3. The number of unbranched alkanes of at least 4 members (excludes halogenated alkanes) is 1. The molecule has 4 atom stereocenters. The van der Waals surface area contributed by atoms with Gasteiger partial charge < -0.3 is 84.1 Å². The lowest BCUT2D eigenvalue weighted by atomic mass is 10.1. The van der Waals surface area contributed by atoms with Crippen LogP contribution in [-0.4, -0.2) is 279 Å². The van der Waals surface area contributed by atoms with Crippen LogP contribution in [0.1, 0.15) is 66.2 Å². The normalized spacial score (nSPS) is 14.7. The molecule has 12 rings (SSSR count). The van der Waals surface area contributed by atoms with Gasteiger partial charge in [0.2, 0.25) is 41.4 Å². The van der Waals surface area contributed by atoms with Crippen molar-refractivity contribution in [3.05, 3.63) is 121 Å². The minimum Gasteiger partial charge on any atom is -0.494 e. The van der Waals surface area contributed by atoms with Crippen molar-refractivity contribution in [1.82, 2.24) is 79.1 Å². The van der Waals surface area contributed by atoms with Gasteiger partial charge in [-0.1, -0.05) is 24.3 Å². The molecule has 6 heterocycles. The molecule has 0 unspecified atom stereocenters. The number of rotatable bonds is 31. The number of nitrogens with one attached hydrogen (secondary N) is 4. The number of aromatic nitrogens is 8. The Kier molecular flexibility index (Phi) is 24.3. The number of fused-ring (bicyclic) bond motifs is 4. The predicted molar refractivity (Wildman–Crippen MR) is 424 cm³/mol. The largest absolute Gasteiger partial charge is 0.494 e. The molecule has 574 valence electrons. The van der Waals surface area contributed by atoms with E-state index >= 15 is 0 Å². The lowest BCUT2D eigenvalue weighted by molar-refractivity contribution is -0.153. The maximum atomic E-state index is 14.0. The zero-order valence-electron chi connectivity index (χ0n) is 64.3. The highest BCUT2D eigenvalue weighted by Gasteiger charge is 2.37. The van der Waals surface area contributed by atoms with E-state index in [1.807, 2.05) is 78.9 Å². The van der Waals surface area contributed by atoms with Gasteiger partial charge in [-0.25, -0.2) is 19.9 Å². The first kappa shape index (κ1) is 77.2. The number of benzene rings is 6. The molecule has 0 saturated carbocycles. The molecular weight excluding hydrogens is 1380 g/mol. The van der Waals surface area contributed by atoms with Crippen molar-refractivity contribution in [3.8, 4) is 57.1 Å². The lowest BCUT2D eigenvalue weighted by Gasteiger charge is -2.36. The van der Waals surface area contributed by atoms with Crippen molar-refractivity contribution in [1.29, 1.82) is 0 Å². The molecule has 109 heavy (non-hydrogen) atoms. The van der Waals surface area contributed by atoms with Crippen LogP contribution in [0.4, 0.5) is 11.4 Å². The minimum absolute atomic E-state index is 0.0734. The summed E-state index contributed by atoms with van der Waals surface area (Å²) in [6, 6.07) is 36.0. The number of nitrogens with two attached hydrogens (primary N) is 1. The summed E-state index contributed by atoms with van der Waals surface area (Å²) in [4.78, 5) is 146. The number of hydrogen-bond acceptors (Lipinski definition) is 17. The number of carbonyl (C=O) groups is 7. The number of anilines is 2.